The highest BCUT2D eigenvalue weighted by molar-refractivity contribution is 7.89. The molecule has 1 aliphatic rings. The summed E-state index contributed by atoms with van der Waals surface area (Å²) >= 11 is 6.01. The van der Waals surface area contributed by atoms with Gasteiger partial charge < -0.3 is 14.8 Å². The number of hydrogen-bond acceptors (Lipinski definition) is 6. The Morgan fingerprint density at radius 2 is 1.89 bits per heavy atom. The Kier molecular flexibility index (Phi) is 6.09. The molecule has 0 atom stereocenters. The van der Waals surface area contributed by atoms with Gasteiger partial charge in [-0.05, 0) is 35.9 Å². The molecule has 3 rings (SSSR count). The lowest BCUT2D eigenvalue weighted by Crippen LogP contribution is -2.27. The first kappa shape index (κ1) is 20.4. The van der Waals surface area contributed by atoms with Gasteiger partial charge in [-0.25, -0.2) is 8.42 Å². The predicted octanol–water partition coefficient (Wildman–Crippen LogP) is 2.22. The maximum atomic E-state index is 12.5. The van der Waals surface area contributed by atoms with Crippen LogP contribution in [0.15, 0.2) is 41.3 Å². The number of rotatable bonds is 6. The molecule has 1 aliphatic heterocycles. The topological polar surface area (TPSA) is 94.2 Å². The minimum atomic E-state index is -3.98. The molecule has 0 aromatic heterocycles. The number of nitrogens with one attached hydrogen (secondary N) is 1. The largest absolute Gasteiger partial charge is 0.486 e. The molecular weight excluding hydrogens is 408 g/mol. The quantitative estimate of drug-likeness (QED) is 0.712. The molecule has 28 heavy (non-hydrogen) atoms. The molecule has 8 nitrogen and oxygen atoms in total. The fourth-order valence-corrected chi connectivity index (χ4v) is 4.03. The normalized spacial score (nSPS) is 13.4. The number of benzene rings is 2. The summed E-state index contributed by atoms with van der Waals surface area (Å²) in [5.74, 6) is 0.847. The molecule has 0 spiro atoms. The highest BCUT2D eigenvalue weighted by atomic mass is 35.5. The van der Waals surface area contributed by atoms with Gasteiger partial charge in [-0.1, -0.05) is 22.1 Å². The van der Waals surface area contributed by atoms with Gasteiger partial charge >= 0.3 is 0 Å². The Bertz CT molecular complexity index is 996. The first-order valence-electron chi connectivity index (χ1n) is 8.32. The highest BCUT2D eigenvalue weighted by Gasteiger charge is 2.25. The van der Waals surface area contributed by atoms with Crippen molar-refractivity contribution in [1.82, 2.24) is 9.79 Å². The van der Waals surface area contributed by atoms with Crippen LogP contribution < -0.4 is 14.8 Å². The van der Waals surface area contributed by atoms with Gasteiger partial charge in [0, 0.05) is 19.2 Å². The van der Waals surface area contributed by atoms with Crippen molar-refractivity contribution in [3.05, 3.63) is 52.5 Å². The Hall–Kier alpha value is -2.33. The van der Waals surface area contributed by atoms with E-state index in [2.05, 4.69) is 5.32 Å². The van der Waals surface area contributed by atoms with Crippen LogP contribution in [0.2, 0.25) is 5.02 Å². The van der Waals surface area contributed by atoms with E-state index in [4.69, 9.17) is 25.9 Å². The predicted molar refractivity (Wildman–Crippen MR) is 102 cm³/mol. The Morgan fingerprint density at radius 3 is 2.61 bits per heavy atom. The minimum absolute atomic E-state index is 0.00714. The molecule has 0 saturated carbocycles. The standard InChI is InChI=1S/C18H19ClN2O6S/c1-21(25-2)28(23,24)17-10-13(4-5-14(17)19)18(22)20-11-12-3-6-15-16(9-12)27-8-7-26-15/h3-6,9-10H,7-8,11H2,1-2H3,(H,20,22). The number of fused-ring (bicyclic) bond motifs is 1. The molecule has 0 radical (unpaired) electrons. The van der Waals surface area contributed by atoms with Gasteiger partial charge in [0.25, 0.3) is 15.9 Å². The number of ether oxygens (including phenoxy) is 2. The number of hydrogen-bond donors (Lipinski definition) is 1. The van der Waals surface area contributed by atoms with Crippen LogP contribution in [-0.4, -0.2) is 46.2 Å². The Balaban J connectivity index is 1.75. The average Bonchev–Trinajstić information content (AvgIpc) is 2.71. The zero-order chi connectivity index (χ0) is 20.3. The number of nitrogens with zero attached hydrogens (tertiary/aromatic N) is 1. The maximum absolute atomic E-state index is 12.5. The summed E-state index contributed by atoms with van der Waals surface area (Å²) in [7, 11) is -1.53. The van der Waals surface area contributed by atoms with Gasteiger partial charge in [0.15, 0.2) is 11.5 Å². The molecule has 0 saturated heterocycles. The van der Waals surface area contributed by atoms with Gasteiger partial charge in [-0.3, -0.25) is 9.63 Å². The fourth-order valence-electron chi connectivity index (χ4n) is 2.56. The summed E-state index contributed by atoms with van der Waals surface area (Å²) in [6.45, 7) is 1.21. The Labute approximate surface area is 168 Å². The van der Waals surface area contributed by atoms with Crippen LogP contribution in [0.4, 0.5) is 0 Å². The van der Waals surface area contributed by atoms with E-state index in [0.717, 1.165) is 5.56 Å². The summed E-state index contributed by atoms with van der Waals surface area (Å²) in [6.07, 6.45) is 0. The van der Waals surface area contributed by atoms with Crippen molar-refractivity contribution in [1.29, 1.82) is 0 Å². The molecule has 1 N–H and O–H groups in total. The zero-order valence-corrected chi connectivity index (χ0v) is 16.8. The SMILES string of the molecule is CON(C)S(=O)(=O)c1cc(C(=O)NCc2ccc3c(c2)OCCO3)ccc1Cl. The second kappa shape index (κ2) is 8.36. The second-order valence-corrected chi connectivity index (χ2v) is 8.21. The molecule has 150 valence electrons. The van der Waals surface area contributed by atoms with E-state index in [0.29, 0.717) is 29.2 Å². The number of carbonyl (C=O) groups excluding carboxylic acids is 1. The number of halogens is 1. The monoisotopic (exact) mass is 426 g/mol. The third-order valence-electron chi connectivity index (χ3n) is 4.13. The second-order valence-electron chi connectivity index (χ2n) is 5.90. The molecule has 1 heterocycles. The fraction of sp³-hybridized carbons (Fsp3) is 0.278. The summed E-state index contributed by atoms with van der Waals surface area (Å²) in [5, 5.41) is 2.74. The first-order chi connectivity index (χ1) is 13.3. The third kappa shape index (κ3) is 4.22. The van der Waals surface area contributed by atoms with Crippen molar-refractivity contribution in [3.8, 4) is 11.5 Å². The van der Waals surface area contributed by atoms with Crippen LogP contribution in [0, 0.1) is 0 Å². The van der Waals surface area contributed by atoms with Crippen molar-refractivity contribution >= 4 is 27.5 Å². The van der Waals surface area contributed by atoms with Crippen molar-refractivity contribution < 1.29 is 27.5 Å². The van der Waals surface area contributed by atoms with Crippen LogP contribution in [0.5, 0.6) is 11.5 Å². The summed E-state index contributed by atoms with van der Waals surface area (Å²) in [5.41, 5.74) is 0.976. The van der Waals surface area contributed by atoms with Crippen molar-refractivity contribution in [2.45, 2.75) is 11.4 Å². The summed E-state index contributed by atoms with van der Waals surface area (Å²) in [6, 6.07) is 9.42. The van der Waals surface area contributed by atoms with Crippen molar-refractivity contribution in [2.75, 3.05) is 27.4 Å². The smallest absolute Gasteiger partial charge is 0.266 e. The molecular formula is C18H19ClN2O6S. The van der Waals surface area contributed by atoms with E-state index >= 15 is 0 Å². The van der Waals surface area contributed by atoms with Crippen LogP contribution in [0.3, 0.4) is 0 Å². The number of carbonyl (C=O) groups is 1. The molecule has 0 bridgehead atoms. The molecule has 0 unspecified atom stereocenters. The van der Waals surface area contributed by atoms with E-state index in [1.807, 2.05) is 6.07 Å². The lowest BCUT2D eigenvalue weighted by atomic mass is 10.1. The van der Waals surface area contributed by atoms with E-state index < -0.39 is 15.9 Å². The number of sulfonamides is 1. The number of hydroxylamine groups is 1. The number of amides is 1. The maximum Gasteiger partial charge on any atom is 0.266 e. The van der Waals surface area contributed by atoms with Crippen molar-refractivity contribution in [2.24, 2.45) is 0 Å². The van der Waals surface area contributed by atoms with E-state index in [9.17, 15) is 13.2 Å². The van der Waals surface area contributed by atoms with Gasteiger partial charge in [0.05, 0.1) is 12.1 Å². The van der Waals surface area contributed by atoms with Gasteiger partial charge in [-0.15, -0.1) is 0 Å². The van der Waals surface area contributed by atoms with E-state index in [-0.39, 0.29) is 22.0 Å². The molecule has 10 heteroatoms. The summed E-state index contributed by atoms with van der Waals surface area (Å²) in [4.78, 5) is 17.0. The van der Waals surface area contributed by atoms with Crippen LogP contribution >= 0.6 is 11.6 Å². The summed E-state index contributed by atoms with van der Waals surface area (Å²) < 4.78 is 36.5. The van der Waals surface area contributed by atoms with Crippen molar-refractivity contribution in [3.63, 3.8) is 0 Å². The molecule has 0 aliphatic carbocycles. The van der Waals surface area contributed by atoms with Crippen LogP contribution in [-0.2, 0) is 21.4 Å². The van der Waals surface area contributed by atoms with E-state index in [1.54, 1.807) is 12.1 Å². The molecule has 2 aromatic carbocycles. The van der Waals surface area contributed by atoms with Crippen LogP contribution in [0.1, 0.15) is 15.9 Å². The average molecular weight is 427 g/mol. The lowest BCUT2D eigenvalue weighted by Gasteiger charge is -2.19. The molecule has 2 aromatic rings. The minimum Gasteiger partial charge on any atom is -0.486 e. The van der Waals surface area contributed by atoms with Gasteiger partial charge in [0.2, 0.25) is 0 Å². The Morgan fingerprint density at radius 1 is 1.18 bits per heavy atom. The molecule has 1 amide bonds. The van der Waals surface area contributed by atoms with Gasteiger partial charge in [0.1, 0.15) is 18.1 Å². The first-order valence-corrected chi connectivity index (χ1v) is 10.1. The molecule has 0 fully saturated rings. The third-order valence-corrected chi connectivity index (χ3v) is 6.29. The van der Waals surface area contributed by atoms with E-state index in [1.165, 1.54) is 32.4 Å². The van der Waals surface area contributed by atoms with Gasteiger partial charge in [-0.2, -0.15) is 0 Å². The zero-order valence-electron chi connectivity index (χ0n) is 15.3. The lowest BCUT2D eigenvalue weighted by molar-refractivity contribution is -0.0258. The highest BCUT2D eigenvalue weighted by Crippen LogP contribution is 2.30. The van der Waals surface area contributed by atoms with Crippen LogP contribution in [0.25, 0.3) is 0 Å².